The Morgan fingerprint density at radius 2 is 1.38 bits per heavy atom. The minimum atomic E-state index is 0.266. The van der Waals surface area contributed by atoms with Gasteiger partial charge in [-0.15, -0.1) is 6.58 Å². The molecule has 0 spiro atoms. The Morgan fingerprint density at radius 1 is 0.875 bits per heavy atom. The highest BCUT2D eigenvalue weighted by molar-refractivity contribution is 4.63. The van der Waals surface area contributed by atoms with Crippen LogP contribution in [-0.4, -0.2) is 52.4 Å². The molecule has 0 aliphatic rings. The van der Waals surface area contributed by atoms with Gasteiger partial charge in [0.05, 0.1) is 52.4 Å². The standard InChI is InChI=1S/C12H24O4/c1-4-5-13-6-7-14-8-9-15-10-11-16-12(2)3/h4,12H,1,5-11H2,2-3H3. The van der Waals surface area contributed by atoms with Crippen molar-refractivity contribution in [2.24, 2.45) is 0 Å². The van der Waals surface area contributed by atoms with Crippen LogP contribution in [-0.2, 0) is 18.9 Å². The molecule has 0 radical (unpaired) electrons. The van der Waals surface area contributed by atoms with Crippen LogP contribution in [0.25, 0.3) is 0 Å². The third kappa shape index (κ3) is 13.6. The van der Waals surface area contributed by atoms with E-state index in [-0.39, 0.29) is 6.10 Å². The Morgan fingerprint density at radius 3 is 1.88 bits per heavy atom. The van der Waals surface area contributed by atoms with Gasteiger partial charge in [0.25, 0.3) is 0 Å². The molecule has 96 valence electrons. The van der Waals surface area contributed by atoms with Gasteiger partial charge < -0.3 is 18.9 Å². The molecule has 0 saturated carbocycles. The molecule has 0 rings (SSSR count). The predicted molar refractivity (Wildman–Crippen MR) is 63.7 cm³/mol. The lowest BCUT2D eigenvalue weighted by molar-refractivity contribution is -0.00995. The van der Waals surface area contributed by atoms with Gasteiger partial charge in [0.1, 0.15) is 0 Å². The van der Waals surface area contributed by atoms with Crippen molar-refractivity contribution < 1.29 is 18.9 Å². The minimum absolute atomic E-state index is 0.266. The van der Waals surface area contributed by atoms with Crippen LogP contribution in [0.1, 0.15) is 13.8 Å². The van der Waals surface area contributed by atoms with E-state index in [2.05, 4.69) is 6.58 Å². The third-order valence-electron chi connectivity index (χ3n) is 1.66. The molecule has 0 fully saturated rings. The Kier molecular flexibility index (Phi) is 12.3. The predicted octanol–water partition coefficient (Wildman–Crippen LogP) is 1.65. The summed E-state index contributed by atoms with van der Waals surface area (Å²) < 4.78 is 21.1. The van der Waals surface area contributed by atoms with Gasteiger partial charge in [0, 0.05) is 0 Å². The zero-order chi connectivity index (χ0) is 12.1. The Bertz CT molecular complexity index is 148. The fourth-order valence-corrected chi connectivity index (χ4v) is 0.949. The molecule has 0 bridgehead atoms. The average molecular weight is 232 g/mol. The van der Waals surface area contributed by atoms with E-state index in [1.807, 2.05) is 13.8 Å². The summed E-state index contributed by atoms with van der Waals surface area (Å²) >= 11 is 0. The van der Waals surface area contributed by atoms with E-state index in [4.69, 9.17) is 18.9 Å². The fraction of sp³-hybridized carbons (Fsp3) is 0.833. The SMILES string of the molecule is C=CCOCCOCCOCCOC(C)C. The summed E-state index contributed by atoms with van der Waals surface area (Å²) in [5.41, 5.74) is 0. The number of rotatable bonds is 12. The fourth-order valence-electron chi connectivity index (χ4n) is 0.949. The molecular formula is C12H24O4. The van der Waals surface area contributed by atoms with Gasteiger partial charge in [-0.25, -0.2) is 0 Å². The molecule has 16 heavy (non-hydrogen) atoms. The van der Waals surface area contributed by atoms with Crippen molar-refractivity contribution in [2.75, 3.05) is 46.2 Å². The minimum Gasteiger partial charge on any atom is -0.377 e. The van der Waals surface area contributed by atoms with Gasteiger partial charge in [0.15, 0.2) is 0 Å². The molecule has 0 atom stereocenters. The molecule has 0 aromatic rings. The van der Waals surface area contributed by atoms with Crippen molar-refractivity contribution in [1.82, 2.24) is 0 Å². The first kappa shape index (κ1) is 15.6. The van der Waals surface area contributed by atoms with Gasteiger partial charge in [0.2, 0.25) is 0 Å². The molecule has 0 heterocycles. The molecule has 0 unspecified atom stereocenters. The van der Waals surface area contributed by atoms with E-state index in [0.29, 0.717) is 46.2 Å². The van der Waals surface area contributed by atoms with Crippen LogP contribution >= 0.6 is 0 Å². The number of ether oxygens (including phenoxy) is 4. The summed E-state index contributed by atoms with van der Waals surface area (Å²) in [6.45, 7) is 11.8. The zero-order valence-corrected chi connectivity index (χ0v) is 10.4. The van der Waals surface area contributed by atoms with E-state index in [1.54, 1.807) is 6.08 Å². The lowest BCUT2D eigenvalue weighted by Gasteiger charge is -2.08. The normalized spacial score (nSPS) is 10.9. The van der Waals surface area contributed by atoms with Crippen molar-refractivity contribution in [3.05, 3.63) is 12.7 Å². The Balaban J connectivity index is 2.90. The molecular weight excluding hydrogens is 208 g/mol. The van der Waals surface area contributed by atoms with E-state index in [1.165, 1.54) is 0 Å². The number of hydrogen-bond acceptors (Lipinski definition) is 4. The van der Waals surface area contributed by atoms with Crippen LogP contribution in [0.4, 0.5) is 0 Å². The number of hydrogen-bond donors (Lipinski definition) is 0. The molecule has 4 nitrogen and oxygen atoms in total. The van der Waals surface area contributed by atoms with Gasteiger partial charge in [-0.05, 0) is 13.8 Å². The van der Waals surface area contributed by atoms with Crippen LogP contribution < -0.4 is 0 Å². The van der Waals surface area contributed by atoms with Crippen LogP contribution in [0, 0.1) is 0 Å². The second-order valence-corrected chi connectivity index (χ2v) is 3.51. The highest BCUT2D eigenvalue weighted by atomic mass is 16.6. The summed E-state index contributed by atoms with van der Waals surface area (Å²) in [5.74, 6) is 0. The van der Waals surface area contributed by atoms with Crippen molar-refractivity contribution in [3.8, 4) is 0 Å². The highest BCUT2D eigenvalue weighted by Gasteiger charge is 1.93. The van der Waals surface area contributed by atoms with E-state index in [9.17, 15) is 0 Å². The van der Waals surface area contributed by atoms with Gasteiger partial charge >= 0.3 is 0 Å². The van der Waals surface area contributed by atoms with Crippen LogP contribution in [0.2, 0.25) is 0 Å². The Labute approximate surface area is 98.5 Å². The summed E-state index contributed by atoms with van der Waals surface area (Å²) in [7, 11) is 0. The van der Waals surface area contributed by atoms with Crippen LogP contribution in [0.5, 0.6) is 0 Å². The molecule has 0 aliphatic heterocycles. The molecule has 0 aromatic heterocycles. The first-order valence-corrected chi connectivity index (χ1v) is 5.73. The summed E-state index contributed by atoms with van der Waals surface area (Å²) in [5, 5.41) is 0. The van der Waals surface area contributed by atoms with E-state index in [0.717, 1.165) is 0 Å². The molecule has 0 saturated heterocycles. The van der Waals surface area contributed by atoms with Crippen molar-refractivity contribution in [3.63, 3.8) is 0 Å². The van der Waals surface area contributed by atoms with E-state index < -0.39 is 0 Å². The quantitative estimate of drug-likeness (QED) is 0.379. The molecule has 0 aliphatic carbocycles. The smallest absolute Gasteiger partial charge is 0.0704 e. The lowest BCUT2D eigenvalue weighted by atomic mass is 10.5. The zero-order valence-electron chi connectivity index (χ0n) is 10.4. The largest absolute Gasteiger partial charge is 0.377 e. The topological polar surface area (TPSA) is 36.9 Å². The molecule has 0 amide bonds. The van der Waals surface area contributed by atoms with Crippen LogP contribution in [0.15, 0.2) is 12.7 Å². The monoisotopic (exact) mass is 232 g/mol. The van der Waals surface area contributed by atoms with Gasteiger partial charge in [-0.3, -0.25) is 0 Å². The first-order valence-electron chi connectivity index (χ1n) is 5.73. The first-order chi connectivity index (χ1) is 7.77. The van der Waals surface area contributed by atoms with Crippen LogP contribution in [0.3, 0.4) is 0 Å². The maximum Gasteiger partial charge on any atom is 0.0704 e. The maximum absolute atomic E-state index is 5.32. The summed E-state index contributed by atoms with van der Waals surface area (Å²) in [6, 6.07) is 0. The maximum atomic E-state index is 5.32. The van der Waals surface area contributed by atoms with Crippen molar-refractivity contribution in [1.29, 1.82) is 0 Å². The highest BCUT2D eigenvalue weighted by Crippen LogP contribution is 1.87. The average Bonchev–Trinajstić information content (AvgIpc) is 2.25. The van der Waals surface area contributed by atoms with Crippen molar-refractivity contribution in [2.45, 2.75) is 20.0 Å². The van der Waals surface area contributed by atoms with Crippen molar-refractivity contribution >= 4 is 0 Å². The second-order valence-electron chi connectivity index (χ2n) is 3.51. The second kappa shape index (κ2) is 12.6. The summed E-state index contributed by atoms with van der Waals surface area (Å²) in [4.78, 5) is 0. The third-order valence-corrected chi connectivity index (χ3v) is 1.66. The molecule has 4 heteroatoms. The summed E-state index contributed by atoms with van der Waals surface area (Å²) in [6.07, 6.45) is 1.99. The lowest BCUT2D eigenvalue weighted by Crippen LogP contribution is -2.13. The van der Waals surface area contributed by atoms with Gasteiger partial charge in [-0.1, -0.05) is 6.08 Å². The Hall–Kier alpha value is -0.420. The van der Waals surface area contributed by atoms with Gasteiger partial charge in [-0.2, -0.15) is 0 Å². The molecule has 0 aromatic carbocycles. The van der Waals surface area contributed by atoms with E-state index >= 15 is 0 Å². The molecule has 0 N–H and O–H groups in total.